The van der Waals surface area contributed by atoms with Crippen LogP contribution in [0.15, 0.2) is 24.3 Å². The van der Waals surface area contributed by atoms with Gasteiger partial charge in [0.2, 0.25) is 0 Å². The normalized spacial score (nSPS) is 19.2. The summed E-state index contributed by atoms with van der Waals surface area (Å²) in [5, 5.41) is 10.7. The predicted molar refractivity (Wildman–Crippen MR) is 52.8 cm³/mol. The second kappa shape index (κ2) is 2.30. The maximum Gasteiger partial charge on any atom is 0.126 e. The zero-order valence-electron chi connectivity index (χ0n) is 7.03. The number of thiazole rings is 1. The lowest BCUT2D eigenvalue weighted by Crippen LogP contribution is -2.02. The molecule has 13 heavy (non-hydrogen) atoms. The summed E-state index contributed by atoms with van der Waals surface area (Å²) in [5.41, 5.74) is 0.423. The van der Waals surface area contributed by atoms with Gasteiger partial charge in [0.15, 0.2) is 0 Å². The maximum atomic E-state index is 9.85. The smallest absolute Gasteiger partial charge is 0.126 e. The van der Waals surface area contributed by atoms with E-state index in [0.717, 1.165) is 28.1 Å². The second-order valence-corrected chi connectivity index (χ2v) is 4.55. The molecule has 0 amide bonds. The van der Waals surface area contributed by atoms with Crippen LogP contribution in [0.2, 0.25) is 0 Å². The van der Waals surface area contributed by atoms with Crippen LogP contribution < -0.4 is 0 Å². The molecule has 66 valence electrons. The molecule has 3 heteroatoms. The highest BCUT2D eigenvalue weighted by atomic mass is 32.1. The Morgan fingerprint density at radius 2 is 2.08 bits per heavy atom. The van der Waals surface area contributed by atoms with Crippen LogP contribution in [0.25, 0.3) is 10.2 Å². The van der Waals surface area contributed by atoms with Gasteiger partial charge in [0, 0.05) is 0 Å². The first-order valence-corrected chi connectivity index (χ1v) is 5.18. The molecule has 0 saturated heterocycles. The van der Waals surface area contributed by atoms with Gasteiger partial charge in [-0.15, -0.1) is 11.3 Å². The van der Waals surface area contributed by atoms with Gasteiger partial charge in [-0.3, -0.25) is 0 Å². The molecule has 2 nitrogen and oxygen atoms in total. The van der Waals surface area contributed by atoms with E-state index in [-0.39, 0.29) is 0 Å². The van der Waals surface area contributed by atoms with E-state index in [1.807, 2.05) is 24.3 Å². The SMILES string of the molecule is OC1(c2nc3ccccc3s2)CC1. The number of benzene rings is 1. The highest BCUT2D eigenvalue weighted by molar-refractivity contribution is 7.18. The van der Waals surface area contributed by atoms with Gasteiger partial charge in [0.05, 0.1) is 10.2 Å². The lowest BCUT2D eigenvalue weighted by Gasteiger charge is -1.98. The summed E-state index contributed by atoms with van der Waals surface area (Å²) < 4.78 is 1.16. The minimum atomic E-state index is -0.580. The first kappa shape index (κ1) is 7.47. The van der Waals surface area contributed by atoms with Gasteiger partial charge in [-0.2, -0.15) is 0 Å². The summed E-state index contributed by atoms with van der Waals surface area (Å²) >= 11 is 1.61. The molecule has 0 atom stereocenters. The molecular formula is C10H9NOS. The Hall–Kier alpha value is -0.930. The molecule has 1 saturated carbocycles. The molecule has 1 aromatic heterocycles. The monoisotopic (exact) mass is 191 g/mol. The lowest BCUT2D eigenvalue weighted by molar-refractivity contribution is 0.151. The standard InChI is InChI=1S/C10H9NOS/c12-10(5-6-10)9-11-7-3-1-2-4-8(7)13-9/h1-4,12H,5-6H2. The van der Waals surface area contributed by atoms with Gasteiger partial charge < -0.3 is 5.11 Å². The van der Waals surface area contributed by atoms with Crippen LogP contribution in [0.5, 0.6) is 0 Å². The number of nitrogens with zero attached hydrogens (tertiary/aromatic N) is 1. The number of para-hydroxylation sites is 1. The van der Waals surface area contributed by atoms with Crippen LogP contribution in [0, 0.1) is 0 Å². The Labute approximate surface area is 79.9 Å². The summed E-state index contributed by atoms with van der Waals surface area (Å²) in [4.78, 5) is 4.42. The lowest BCUT2D eigenvalue weighted by atomic mass is 10.3. The Kier molecular flexibility index (Phi) is 1.32. The van der Waals surface area contributed by atoms with Gasteiger partial charge in [0.1, 0.15) is 10.6 Å². The van der Waals surface area contributed by atoms with Gasteiger partial charge in [-0.05, 0) is 25.0 Å². The Morgan fingerprint density at radius 1 is 1.31 bits per heavy atom. The molecule has 0 unspecified atom stereocenters. The summed E-state index contributed by atoms with van der Waals surface area (Å²) in [6.07, 6.45) is 1.74. The summed E-state index contributed by atoms with van der Waals surface area (Å²) in [6.45, 7) is 0. The van der Waals surface area contributed by atoms with Gasteiger partial charge in [0.25, 0.3) is 0 Å². The number of hydrogen-bond acceptors (Lipinski definition) is 3. The molecule has 0 radical (unpaired) electrons. The molecule has 1 aliphatic rings. The van der Waals surface area contributed by atoms with Crippen LogP contribution in [0.4, 0.5) is 0 Å². The first-order valence-electron chi connectivity index (χ1n) is 4.36. The van der Waals surface area contributed by atoms with Gasteiger partial charge in [-0.25, -0.2) is 4.98 Å². The summed E-state index contributed by atoms with van der Waals surface area (Å²) in [6, 6.07) is 8.01. The summed E-state index contributed by atoms with van der Waals surface area (Å²) in [7, 11) is 0. The van der Waals surface area contributed by atoms with Crippen molar-refractivity contribution >= 4 is 21.6 Å². The van der Waals surface area contributed by atoms with Crippen LogP contribution in [0.1, 0.15) is 17.8 Å². The van der Waals surface area contributed by atoms with E-state index in [0.29, 0.717) is 0 Å². The Balaban J connectivity index is 2.22. The van der Waals surface area contributed by atoms with Crippen molar-refractivity contribution in [3.05, 3.63) is 29.3 Å². The fourth-order valence-electron chi connectivity index (χ4n) is 1.40. The first-order chi connectivity index (χ1) is 6.28. The molecule has 1 aliphatic carbocycles. The van der Waals surface area contributed by atoms with Crippen LogP contribution in [-0.4, -0.2) is 10.1 Å². The quantitative estimate of drug-likeness (QED) is 0.750. The van der Waals surface area contributed by atoms with E-state index < -0.39 is 5.60 Å². The molecule has 0 aliphatic heterocycles. The Bertz CT molecular complexity index is 426. The van der Waals surface area contributed by atoms with Crippen LogP contribution >= 0.6 is 11.3 Å². The van der Waals surface area contributed by atoms with Crippen molar-refractivity contribution in [3.8, 4) is 0 Å². The van der Waals surface area contributed by atoms with Gasteiger partial charge >= 0.3 is 0 Å². The average molecular weight is 191 g/mol. The van der Waals surface area contributed by atoms with Crippen molar-refractivity contribution in [2.75, 3.05) is 0 Å². The number of fused-ring (bicyclic) bond motifs is 1. The van der Waals surface area contributed by atoms with Gasteiger partial charge in [-0.1, -0.05) is 12.1 Å². The minimum absolute atomic E-state index is 0.580. The summed E-state index contributed by atoms with van der Waals surface area (Å²) in [5.74, 6) is 0. The molecule has 3 rings (SSSR count). The van der Waals surface area contributed by atoms with Crippen molar-refractivity contribution in [3.63, 3.8) is 0 Å². The van der Waals surface area contributed by atoms with Crippen molar-refractivity contribution in [2.24, 2.45) is 0 Å². The fourth-order valence-corrected chi connectivity index (χ4v) is 2.51. The zero-order valence-corrected chi connectivity index (χ0v) is 7.84. The zero-order chi connectivity index (χ0) is 8.89. The number of aliphatic hydroxyl groups is 1. The highest BCUT2D eigenvalue weighted by Crippen LogP contribution is 2.47. The largest absolute Gasteiger partial charge is 0.383 e. The topological polar surface area (TPSA) is 33.1 Å². The third-order valence-corrected chi connectivity index (χ3v) is 3.65. The second-order valence-electron chi connectivity index (χ2n) is 3.52. The van der Waals surface area contributed by atoms with Crippen LogP contribution in [-0.2, 0) is 5.60 Å². The van der Waals surface area contributed by atoms with E-state index in [1.54, 1.807) is 11.3 Å². The van der Waals surface area contributed by atoms with E-state index in [4.69, 9.17) is 0 Å². The molecule has 0 bridgehead atoms. The number of rotatable bonds is 1. The molecule has 2 aromatic rings. The van der Waals surface area contributed by atoms with Crippen molar-refractivity contribution in [1.29, 1.82) is 0 Å². The average Bonchev–Trinajstić information content (AvgIpc) is 2.76. The maximum absolute atomic E-state index is 9.85. The Morgan fingerprint density at radius 3 is 2.77 bits per heavy atom. The van der Waals surface area contributed by atoms with Crippen molar-refractivity contribution < 1.29 is 5.11 Å². The number of aromatic nitrogens is 1. The van der Waals surface area contributed by atoms with E-state index in [1.165, 1.54) is 0 Å². The fraction of sp³-hybridized carbons (Fsp3) is 0.300. The number of hydrogen-bond donors (Lipinski definition) is 1. The molecular weight excluding hydrogens is 182 g/mol. The minimum Gasteiger partial charge on any atom is -0.383 e. The molecule has 1 fully saturated rings. The molecule has 1 aromatic carbocycles. The third-order valence-electron chi connectivity index (χ3n) is 2.42. The van der Waals surface area contributed by atoms with Crippen molar-refractivity contribution in [1.82, 2.24) is 4.98 Å². The van der Waals surface area contributed by atoms with E-state index >= 15 is 0 Å². The predicted octanol–water partition coefficient (Wildman–Crippen LogP) is 2.28. The molecule has 1 N–H and O–H groups in total. The van der Waals surface area contributed by atoms with E-state index in [9.17, 15) is 5.11 Å². The third kappa shape index (κ3) is 1.08. The van der Waals surface area contributed by atoms with E-state index in [2.05, 4.69) is 4.98 Å². The van der Waals surface area contributed by atoms with Crippen molar-refractivity contribution in [2.45, 2.75) is 18.4 Å². The molecule has 0 spiro atoms. The molecule has 1 heterocycles. The van der Waals surface area contributed by atoms with Crippen LogP contribution in [0.3, 0.4) is 0 Å². The highest BCUT2D eigenvalue weighted by Gasteiger charge is 2.45.